The van der Waals surface area contributed by atoms with Crippen molar-refractivity contribution >= 4 is 22.1 Å². The molecule has 1 unspecified atom stereocenters. The fraction of sp³-hybridized carbons (Fsp3) is 0.176. The minimum atomic E-state index is -0.545. The Kier molecular flexibility index (Phi) is 3.13. The monoisotopic (exact) mass is 268 g/mol. The molecule has 0 aliphatic rings. The van der Waals surface area contributed by atoms with E-state index in [9.17, 15) is 5.11 Å². The van der Waals surface area contributed by atoms with E-state index >= 15 is 0 Å². The summed E-state index contributed by atoms with van der Waals surface area (Å²) in [5.41, 5.74) is 2.01. The van der Waals surface area contributed by atoms with Crippen molar-refractivity contribution in [3.8, 4) is 0 Å². The van der Waals surface area contributed by atoms with Gasteiger partial charge in [0.1, 0.15) is 6.10 Å². The van der Waals surface area contributed by atoms with Gasteiger partial charge in [0.25, 0.3) is 0 Å². The summed E-state index contributed by atoms with van der Waals surface area (Å²) in [6.07, 6.45) is -0.545. The van der Waals surface area contributed by atoms with Crippen molar-refractivity contribution in [2.45, 2.75) is 20.0 Å². The molecule has 0 amide bonds. The third-order valence-corrected chi connectivity index (χ3v) is 4.47. The molecule has 0 spiro atoms. The van der Waals surface area contributed by atoms with Crippen molar-refractivity contribution in [1.82, 2.24) is 0 Å². The van der Waals surface area contributed by atoms with Crippen molar-refractivity contribution in [2.75, 3.05) is 0 Å². The van der Waals surface area contributed by atoms with Crippen LogP contribution in [0.1, 0.15) is 27.0 Å². The van der Waals surface area contributed by atoms with Gasteiger partial charge in [0, 0.05) is 9.75 Å². The molecular weight excluding hydrogens is 252 g/mol. The molecule has 3 aromatic rings. The van der Waals surface area contributed by atoms with E-state index in [2.05, 4.69) is 38.1 Å². The van der Waals surface area contributed by atoms with Gasteiger partial charge in [0.15, 0.2) is 0 Å². The Morgan fingerprint density at radius 3 is 2.42 bits per heavy atom. The van der Waals surface area contributed by atoms with Crippen molar-refractivity contribution in [2.24, 2.45) is 0 Å². The Bertz CT molecular complexity index is 722. The number of aliphatic hydroxyl groups excluding tert-OH is 1. The summed E-state index contributed by atoms with van der Waals surface area (Å²) in [6, 6.07) is 16.4. The molecule has 1 heterocycles. The second kappa shape index (κ2) is 4.80. The number of hydrogen-bond donors (Lipinski definition) is 1. The normalized spacial score (nSPS) is 12.8. The summed E-state index contributed by atoms with van der Waals surface area (Å²) in [6.45, 7) is 4.15. The van der Waals surface area contributed by atoms with Gasteiger partial charge >= 0.3 is 0 Å². The van der Waals surface area contributed by atoms with Gasteiger partial charge < -0.3 is 5.11 Å². The standard InChI is InChI=1S/C17H16OS/c1-11-10-16(12(2)19-11)17(18)15-9-5-7-13-6-3-4-8-14(13)15/h3-10,17-18H,1-2H3. The van der Waals surface area contributed by atoms with Crippen LogP contribution < -0.4 is 0 Å². The average Bonchev–Trinajstić information content (AvgIpc) is 2.76. The molecule has 0 saturated heterocycles. The predicted molar refractivity (Wildman–Crippen MR) is 81.8 cm³/mol. The minimum Gasteiger partial charge on any atom is -0.384 e. The van der Waals surface area contributed by atoms with E-state index in [1.54, 1.807) is 11.3 Å². The lowest BCUT2D eigenvalue weighted by molar-refractivity contribution is 0.221. The highest BCUT2D eigenvalue weighted by molar-refractivity contribution is 7.12. The molecule has 2 heteroatoms. The molecule has 0 aliphatic heterocycles. The van der Waals surface area contributed by atoms with Gasteiger partial charge in [-0.15, -0.1) is 11.3 Å². The van der Waals surface area contributed by atoms with Crippen LogP contribution in [0.4, 0.5) is 0 Å². The minimum absolute atomic E-state index is 0.545. The van der Waals surface area contributed by atoms with Crippen LogP contribution >= 0.6 is 11.3 Å². The van der Waals surface area contributed by atoms with E-state index in [0.29, 0.717) is 0 Å². The van der Waals surface area contributed by atoms with Crippen LogP contribution in [0.5, 0.6) is 0 Å². The zero-order valence-electron chi connectivity index (χ0n) is 11.1. The van der Waals surface area contributed by atoms with Crippen molar-refractivity contribution < 1.29 is 5.11 Å². The highest BCUT2D eigenvalue weighted by Crippen LogP contribution is 2.33. The number of fused-ring (bicyclic) bond motifs is 1. The first kappa shape index (κ1) is 12.4. The maximum atomic E-state index is 10.7. The van der Waals surface area contributed by atoms with Gasteiger partial charge in [-0.3, -0.25) is 0 Å². The highest BCUT2D eigenvalue weighted by atomic mass is 32.1. The smallest absolute Gasteiger partial charge is 0.106 e. The average molecular weight is 268 g/mol. The number of aliphatic hydroxyl groups is 1. The predicted octanol–water partition coefficient (Wildman–Crippen LogP) is 4.60. The molecule has 0 saturated carbocycles. The first-order chi connectivity index (χ1) is 9.16. The largest absolute Gasteiger partial charge is 0.384 e. The molecule has 1 atom stereocenters. The third kappa shape index (κ3) is 2.18. The zero-order chi connectivity index (χ0) is 13.4. The summed E-state index contributed by atoms with van der Waals surface area (Å²) in [5.74, 6) is 0. The van der Waals surface area contributed by atoms with Crippen LogP contribution in [0.2, 0.25) is 0 Å². The van der Waals surface area contributed by atoms with Gasteiger partial charge in [-0.05, 0) is 41.8 Å². The quantitative estimate of drug-likeness (QED) is 0.720. The molecule has 1 nitrogen and oxygen atoms in total. The Hall–Kier alpha value is -1.64. The molecular formula is C17H16OS. The van der Waals surface area contributed by atoms with Crippen LogP contribution in [0.3, 0.4) is 0 Å². The Morgan fingerprint density at radius 1 is 0.947 bits per heavy atom. The molecule has 1 N–H and O–H groups in total. The van der Waals surface area contributed by atoms with Crippen LogP contribution in [0, 0.1) is 13.8 Å². The first-order valence-corrected chi connectivity index (χ1v) is 7.21. The molecule has 0 fully saturated rings. The third-order valence-electron chi connectivity index (χ3n) is 3.49. The van der Waals surface area contributed by atoms with E-state index in [1.807, 2.05) is 24.3 Å². The summed E-state index contributed by atoms with van der Waals surface area (Å²) in [5, 5.41) is 13.0. The van der Waals surface area contributed by atoms with Gasteiger partial charge in [-0.2, -0.15) is 0 Å². The van der Waals surface area contributed by atoms with Gasteiger partial charge in [0.05, 0.1) is 0 Å². The van der Waals surface area contributed by atoms with E-state index in [1.165, 1.54) is 15.1 Å². The van der Waals surface area contributed by atoms with Crippen molar-refractivity contribution in [1.29, 1.82) is 0 Å². The Morgan fingerprint density at radius 2 is 1.68 bits per heavy atom. The summed E-state index contributed by atoms with van der Waals surface area (Å²) in [4.78, 5) is 2.43. The number of aryl methyl sites for hydroxylation is 2. The molecule has 0 radical (unpaired) electrons. The molecule has 19 heavy (non-hydrogen) atoms. The van der Waals surface area contributed by atoms with Crippen LogP contribution in [0.25, 0.3) is 10.8 Å². The maximum absolute atomic E-state index is 10.7. The van der Waals surface area contributed by atoms with Crippen LogP contribution in [-0.2, 0) is 0 Å². The summed E-state index contributed by atoms with van der Waals surface area (Å²) < 4.78 is 0. The molecule has 96 valence electrons. The lowest BCUT2D eigenvalue weighted by Gasteiger charge is -2.13. The molecule has 1 aromatic heterocycles. The van der Waals surface area contributed by atoms with E-state index in [0.717, 1.165) is 16.5 Å². The van der Waals surface area contributed by atoms with Crippen LogP contribution in [0.15, 0.2) is 48.5 Å². The van der Waals surface area contributed by atoms with Gasteiger partial charge in [0.2, 0.25) is 0 Å². The number of thiophene rings is 1. The molecule has 0 aliphatic carbocycles. The lowest BCUT2D eigenvalue weighted by atomic mass is 9.96. The van der Waals surface area contributed by atoms with Gasteiger partial charge in [-0.1, -0.05) is 42.5 Å². The first-order valence-electron chi connectivity index (χ1n) is 6.39. The van der Waals surface area contributed by atoms with E-state index < -0.39 is 6.10 Å². The SMILES string of the molecule is Cc1cc(C(O)c2cccc3ccccc23)c(C)s1. The summed E-state index contributed by atoms with van der Waals surface area (Å²) in [7, 11) is 0. The van der Waals surface area contributed by atoms with E-state index in [4.69, 9.17) is 0 Å². The number of hydrogen-bond acceptors (Lipinski definition) is 2. The lowest BCUT2D eigenvalue weighted by Crippen LogP contribution is -2.00. The molecule has 2 aromatic carbocycles. The van der Waals surface area contributed by atoms with E-state index in [-0.39, 0.29) is 0 Å². The fourth-order valence-electron chi connectivity index (χ4n) is 2.58. The fourth-order valence-corrected chi connectivity index (χ4v) is 3.54. The molecule has 3 rings (SSSR count). The summed E-state index contributed by atoms with van der Waals surface area (Å²) >= 11 is 1.74. The van der Waals surface area contributed by atoms with Crippen LogP contribution in [-0.4, -0.2) is 5.11 Å². The highest BCUT2D eigenvalue weighted by Gasteiger charge is 2.17. The zero-order valence-corrected chi connectivity index (χ0v) is 11.9. The van der Waals surface area contributed by atoms with Gasteiger partial charge in [-0.25, -0.2) is 0 Å². The maximum Gasteiger partial charge on any atom is 0.106 e. The van der Waals surface area contributed by atoms with Crippen molar-refractivity contribution in [3.05, 3.63) is 69.4 Å². The molecule has 0 bridgehead atoms. The second-order valence-electron chi connectivity index (χ2n) is 4.84. The van der Waals surface area contributed by atoms with Crippen molar-refractivity contribution in [3.63, 3.8) is 0 Å². The number of benzene rings is 2. The Balaban J connectivity index is 2.16. The second-order valence-corrected chi connectivity index (χ2v) is 6.30. The Labute approximate surface area is 117 Å². The topological polar surface area (TPSA) is 20.2 Å². The number of rotatable bonds is 2.